The third-order valence-corrected chi connectivity index (χ3v) is 4.50. The largest absolute Gasteiger partial charge is 0.447 e. The van der Waals surface area contributed by atoms with Gasteiger partial charge in [0.2, 0.25) is 0 Å². The number of hydrogen-bond donors (Lipinski definition) is 1. The zero-order valence-electron chi connectivity index (χ0n) is 11.5. The van der Waals surface area contributed by atoms with Crippen LogP contribution in [0.4, 0.5) is 16.2 Å². The first kappa shape index (κ1) is 14.2. The van der Waals surface area contributed by atoms with Crippen LogP contribution in [0.25, 0.3) is 0 Å². The van der Waals surface area contributed by atoms with Gasteiger partial charge in [-0.25, -0.2) is 4.79 Å². The van der Waals surface area contributed by atoms with Gasteiger partial charge >= 0.3 is 6.09 Å². The Kier molecular flexibility index (Phi) is 4.03. The molecule has 1 aliphatic rings. The van der Waals surface area contributed by atoms with E-state index in [1.165, 1.54) is 11.3 Å². The number of nitrogens with zero attached hydrogens (tertiary/aromatic N) is 1. The van der Waals surface area contributed by atoms with Crippen LogP contribution in [0.2, 0.25) is 4.34 Å². The predicted molar refractivity (Wildman–Crippen MR) is 86.5 cm³/mol. The van der Waals surface area contributed by atoms with Crippen molar-refractivity contribution in [3.8, 4) is 0 Å². The molecule has 1 atom stereocenters. The van der Waals surface area contributed by atoms with Crippen molar-refractivity contribution in [3.05, 3.63) is 45.6 Å². The number of amides is 1. The Morgan fingerprint density at radius 3 is 2.95 bits per heavy atom. The number of cyclic esters (lactones) is 1. The first-order valence-electron chi connectivity index (χ1n) is 6.68. The first-order valence-corrected chi connectivity index (χ1v) is 7.94. The Bertz CT molecular complexity index is 659. The number of hydrogen-bond acceptors (Lipinski definition) is 4. The fourth-order valence-corrected chi connectivity index (χ4v) is 3.26. The zero-order chi connectivity index (χ0) is 14.8. The second-order valence-electron chi connectivity index (χ2n) is 4.87. The summed E-state index contributed by atoms with van der Waals surface area (Å²) >= 11 is 7.49. The molecule has 1 amide bonds. The van der Waals surface area contributed by atoms with Crippen molar-refractivity contribution >= 4 is 40.4 Å². The van der Waals surface area contributed by atoms with E-state index in [1.54, 1.807) is 4.90 Å². The van der Waals surface area contributed by atoms with Crippen molar-refractivity contribution in [2.75, 3.05) is 23.4 Å². The van der Waals surface area contributed by atoms with Gasteiger partial charge in [-0.1, -0.05) is 17.7 Å². The maximum Gasteiger partial charge on any atom is 0.414 e. The van der Waals surface area contributed by atoms with Gasteiger partial charge in [0.1, 0.15) is 6.61 Å². The number of rotatable bonds is 4. The van der Waals surface area contributed by atoms with Crippen LogP contribution in [-0.4, -0.2) is 19.2 Å². The molecule has 0 radical (unpaired) electrons. The number of anilines is 2. The molecule has 21 heavy (non-hydrogen) atoms. The number of nitrogens with one attached hydrogen (secondary N) is 1. The summed E-state index contributed by atoms with van der Waals surface area (Å²) in [7, 11) is 0. The second kappa shape index (κ2) is 5.95. The molecule has 1 fully saturated rings. The summed E-state index contributed by atoms with van der Waals surface area (Å²) in [5.41, 5.74) is 2.95. The number of carbonyl (C=O) groups excluding carboxylic acids is 1. The number of halogens is 1. The topological polar surface area (TPSA) is 41.6 Å². The molecule has 0 saturated carbocycles. The quantitative estimate of drug-likeness (QED) is 0.899. The van der Waals surface area contributed by atoms with Crippen LogP contribution in [0.3, 0.4) is 0 Å². The first-order chi connectivity index (χ1) is 10.1. The minimum Gasteiger partial charge on any atom is -0.447 e. The van der Waals surface area contributed by atoms with E-state index in [0.29, 0.717) is 13.2 Å². The molecule has 110 valence electrons. The van der Waals surface area contributed by atoms with Crippen molar-refractivity contribution in [1.82, 2.24) is 0 Å². The minimum absolute atomic E-state index is 0.148. The Balaban J connectivity index is 1.75. The third kappa shape index (κ3) is 3.14. The van der Waals surface area contributed by atoms with Gasteiger partial charge in [0, 0.05) is 17.4 Å². The van der Waals surface area contributed by atoms with Gasteiger partial charge < -0.3 is 10.1 Å². The molecule has 1 aromatic carbocycles. The van der Waals surface area contributed by atoms with Gasteiger partial charge in [0.05, 0.1) is 10.9 Å². The minimum atomic E-state index is -0.287. The lowest BCUT2D eigenvalue weighted by molar-refractivity contribution is 0.181. The number of carbonyl (C=O) groups is 1. The molecule has 3 rings (SSSR count). The number of benzene rings is 1. The second-order valence-corrected chi connectivity index (χ2v) is 6.41. The maximum absolute atomic E-state index is 11.6. The molecule has 0 aliphatic carbocycles. The summed E-state index contributed by atoms with van der Waals surface area (Å²) in [6.45, 7) is 3.12. The normalized spacial score (nSPS) is 15.9. The van der Waals surface area contributed by atoms with Crippen LogP contribution >= 0.6 is 22.9 Å². The molecule has 1 aromatic heterocycles. The summed E-state index contributed by atoms with van der Waals surface area (Å²) in [4.78, 5) is 13.2. The SMILES string of the molecule is CC(Nc1cccc(N2CCOC2=O)c1)c1csc(Cl)c1. The van der Waals surface area contributed by atoms with E-state index in [9.17, 15) is 4.79 Å². The summed E-state index contributed by atoms with van der Waals surface area (Å²) in [6.07, 6.45) is -0.287. The molecule has 1 aliphatic heterocycles. The van der Waals surface area contributed by atoms with Gasteiger partial charge in [0.15, 0.2) is 0 Å². The Morgan fingerprint density at radius 1 is 1.43 bits per heavy atom. The van der Waals surface area contributed by atoms with Crippen molar-refractivity contribution in [2.45, 2.75) is 13.0 Å². The monoisotopic (exact) mass is 322 g/mol. The fraction of sp³-hybridized carbons (Fsp3) is 0.267. The molecule has 0 bridgehead atoms. The lowest BCUT2D eigenvalue weighted by atomic mass is 10.1. The highest BCUT2D eigenvalue weighted by Gasteiger charge is 2.23. The smallest absolute Gasteiger partial charge is 0.414 e. The van der Waals surface area contributed by atoms with Gasteiger partial charge in [-0.2, -0.15) is 0 Å². The number of ether oxygens (including phenoxy) is 1. The summed E-state index contributed by atoms with van der Waals surface area (Å²) in [5.74, 6) is 0. The Hall–Kier alpha value is -1.72. The van der Waals surface area contributed by atoms with E-state index in [1.807, 2.05) is 35.7 Å². The lowest BCUT2D eigenvalue weighted by Gasteiger charge is -2.17. The molecular weight excluding hydrogens is 308 g/mol. The van der Waals surface area contributed by atoms with Crippen LogP contribution in [0.5, 0.6) is 0 Å². The van der Waals surface area contributed by atoms with Crippen LogP contribution in [-0.2, 0) is 4.74 Å². The molecule has 4 nitrogen and oxygen atoms in total. The molecule has 2 aromatic rings. The van der Waals surface area contributed by atoms with E-state index in [-0.39, 0.29) is 12.1 Å². The van der Waals surface area contributed by atoms with Crippen LogP contribution in [0, 0.1) is 0 Å². The average Bonchev–Trinajstić information content (AvgIpc) is 3.08. The summed E-state index contributed by atoms with van der Waals surface area (Å²) < 4.78 is 5.75. The highest BCUT2D eigenvalue weighted by molar-refractivity contribution is 7.14. The fourth-order valence-electron chi connectivity index (χ4n) is 2.28. The third-order valence-electron chi connectivity index (χ3n) is 3.39. The molecule has 0 spiro atoms. The van der Waals surface area contributed by atoms with E-state index < -0.39 is 0 Å². The van der Waals surface area contributed by atoms with Crippen LogP contribution in [0.15, 0.2) is 35.7 Å². The molecule has 1 unspecified atom stereocenters. The van der Waals surface area contributed by atoms with E-state index in [0.717, 1.165) is 21.3 Å². The van der Waals surface area contributed by atoms with Gasteiger partial charge in [-0.05, 0) is 42.1 Å². The zero-order valence-corrected chi connectivity index (χ0v) is 13.1. The highest BCUT2D eigenvalue weighted by Crippen LogP contribution is 2.29. The molecule has 1 N–H and O–H groups in total. The molecule has 2 heterocycles. The van der Waals surface area contributed by atoms with E-state index in [4.69, 9.17) is 16.3 Å². The standard InChI is InChI=1S/C15H15ClN2O2S/c1-10(11-7-14(16)21-9-11)17-12-3-2-4-13(8-12)18-5-6-20-15(18)19/h2-4,7-10,17H,5-6H2,1H3. The van der Waals surface area contributed by atoms with Gasteiger partial charge in [0.25, 0.3) is 0 Å². The maximum atomic E-state index is 11.6. The Morgan fingerprint density at radius 2 is 2.29 bits per heavy atom. The van der Waals surface area contributed by atoms with Crippen molar-refractivity contribution in [1.29, 1.82) is 0 Å². The van der Waals surface area contributed by atoms with Gasteiger partial charge in [-0.15, -0.1) is 11.3 Å². The van der Waals surface area contributed by atoms with Crippen LogP contribution in [0.1, 0.15) is 18.5 Å². The lowest BCUT2D eigenvalue weighted by Crippen LogP contribution is -2.23. The van der Waals surface area contributed by atoms with Crippen molar-refractivity contribution in [2.24, 2.45) is 0 Å². The van der Waals surface area contributed by atoms with Crippen molar-refractivity contribution in [3.63, 3.8) is 0 Å². The van der Waals surface area contributed by atoms with E-state index >= 15 is 0 Å². The highest BCUT2D eigenvalue weighted by atomic mass is 35.5. The molecule has 1 saturated heterocycles. The molecule has 6 heteroatoms. The van der Waals surface area contributed by atoms with E-state index in [2.05, 4.69) is 12.2 Å². The summed E-state index contributed by atoms with van der Waals surface area (Å²) in [5, 5.41) is 5.46. The summed E-state index contributed by atoms with van der Waals surface area (Å²) in [6, 6.07) is 9.88. The predicted octanol–water partition coefficient (Wildman–Crippen LogP) is 4.53. The molecular formula is C15H15ClN2O2S. The number of thiophene rings is 1. The van der Waals surface area contributed by atoms with Crippen molar-refractivity contribution < 1.29 is 9.53 Å². The Labute approximate surface area is 132 Å². The van der Waals surface area contributed by atoms with Crippen LogP contribution < -0.4 is 10.2 Å². The van der Waals surface area contributed by atoms with Gasteiger partial charge in [-0.3, -0.25) is 4.90 Å². The average molecular weight is 323 g/mol.